The van der Waals surface area contributed by atoms with Crippen LogP contribution in [-0.4, -0.2) is 7.11 Å². The lowest BCUT2D eigenvalue weighted by Crippen LogP contribution is -1.93. The number of nitrogens with zero attached hydrogens (tertiary/aromatic N) is 3. The van der Waals surface area contributed by atoms with Gasteiger partial charge in [-0.1, -0.05) is 4.57 Å². The summed E-state index contributed by atoms with van der Waals surface area (Å²) in [5, 5.41) is 0.494. The van der Waals surface area contributed by atoms with E-state index in [1.165, 1.54) is 0 Å². The summed E-state index contributed by atoms with van der Waals surface area (Å²) in [5.74, 6) is 0.674. The monoisotopic (exact) mass is 196 g/mol. The maximum absolute atomic E-state index is 11.1. The summed E-state index contributed by atoms with van der Waals surface area (Å²) < 4.78 is 16.0. The quantitative estimate of drug-likeness (QED) is 0.322. The van der Waals surface area contributed by atoms with Crippen LogP contribution in [0.3, 0.4) is 0 Å². The molecular formula is C7H7N3O2P+. The Balaban J connectivity index is 2.92. The fraction of sp³-hybridized carbons (Fsp3) is 0.143. The van der Waals surface area contributed by atoms with Gasteiger partial charge in [0.15, 0.2) is 4.88 Å². The van der Waals surface area contributed by atoms with Crippen LogP contribution in [0.15, 0.2) is 29.2 Å². The minimum Gasteiger partial charge on any atom is -0.497 e. The Labute approximate surface area is 75.8 Å². The van der Waals surface area contributed by atoms with Crippen molar-refractivity contribution in [3.8, 4) is 5.75 Å². The Bertz CT molecular complexity index is 357. The van der Waals surface area contributed by atoms with E-state index in [9.17, 15) is 4.57 Å². The van der Waals surface area contributed by atoms with Crippen molar-refractivity contribution in [2.24, 2.45) is 4.88 Å². The molecule has 6 heteroatoms. The molecule has 0 N–H and O–H groups in total. The standard InChI is InChI=1S/C7H7N3O2P/c1-12-6-2-4-7(5-3-6)13(11)10-9-8/h2-5H,1H3/q+1. The number of hydrogen-bond acceptors (Lipinski definition) is 2. The molecule has 13 heavy (non-hydrogen) atoms. The van der Waals surface area contributed by atoms with Gasteiger partial charge in [0.1, 0.15) is 5.75 Å². The van der Waals surface area contributed by atoms with Crippen molar-refractivity contribution < 1.29 is 9.30 Å². The van der Waals surface area contributed by atoms with Crippen LogP contribution in [0.1, 0.15) is 0 Å². The molecule has 0 aromatic heterocycles. The third kappa shape index (κ3) is 2.44. The van der Waals surface area contributed by atoms with Crippen molar-refractivity contribution >= 4 is 13.3 Å². The predicted octanol–water partition coefficient (Wildman–Crippen LogP) is 2.37. The van der Waals surface area contributed by atoms with Crippen LogP contribution in [0.25, 0.3) is 10.4 Å². The van der Waals surface area contributed by atoms with E-state index in [1.807, 2.05) is 0 Å². The number of methoxy groups -OCH3 is 1. The van der Waals surface area contributed by atoms with E-state index in [0.717, 1.165) is 0 Å². The molecule has 0 aliphatic heterocycles. The van der Waals surface area contributed by atoms with Gasteiger partial charge in [0, 0.05) is 10.4 Å². The van der Waals surface area contributed by atoms with Crippen LogP contribution >= 0.6 is 7.95 Å². The zero-order valence-electron chi connectivity index (χ0n) is 6.91. The van der Waals surface area contributed by atoms with Crippen LogP contribution < -0.4 is 10.0 Å². The molecule has 0 aliphatic rings. The largest absolute Gasteiger partial charge is 0.499 e. The lowest BCUT2D eigenvalue weighted by atomic mass is 10.3. The summed E-state index contributed by atoms with van der Waals surface area (Å²) in [7, 11) is -0.446. The molecule has 1 rings (SSSR count). The number of benzene rings is 1. The van der Waals surface area contributed by atoms with E-state index in [0.29, 0.717) is 11.1 Å². The maximum atomic E-state index is 11.1. The van der Waals surface area contributed by atoms with Crippen molar-refractivity contribution in [3.63, 3.8) is 0 Å². The first-order valence-electron chi connectivity index (χ1n) is 3.44. The van der Waals surface area contributed by atoms with Gasteiger partial charge in [0.05, 0.1) is 7.11 Å². The molecule has 0 aliphatic carbocycles. The summed E-state index contributed by atoms with van der Waals surface area (Å²) in [6.07, 6.45) is 0. The van der Waals surface area contributed by atoms with Gasteiger partial charge in [0.25, 0.3) is 0 Å². The summed E-state index contributed by atoms with van der Waals surface area (Å²) >= 11 is 0. The SMILES string of the molecule is COc1ccc([P+](=O)N=[N+]=[N-])cc1. The molecule has 0 bridgehead atoms. The molecule has 0 saturated carbocycles. The molecule has 0 saturated heterocycles. The molecule has 0 radical (unpaired) electrons. The average Bonchev–Trinajstić information content (AvgIpc) is 2.18. The van der Waals surface area contributed by atoms with Gasteiger partial charge in [-0.2, -0.15) is 0 Å². The Morgan fingerprint density at radius 1 is 1.46 bits per heavy atom. The Hall–Kier alpha value is -1.57. The Kier molecular flexibility index (Phi) is 3.26. The normalized spacial score (nSPS) is 10.1. The van der Waals surface area contributed by atoms with Gasteiger partial charge < -0.3 is 4.74 Å². The average molecular weight is 196 g/mol. The van der Waals surface area contributed by atoms with Crippen molar-refractivity contribution in [3.05, 3.63) is 34.7 Å². The second kappa shape index (κ2) is 4.45. The Morgan fingerprint density at radius 2 is 2.08 bits per heavy atom. The highest BCUT2D eigenvalue weighted by Crippen LogP contribution is 2.22. The first-order chi connectivity index (χ1) is 6.27. The molecule has 1 aromatic carbocycles. The zero-order chi connectivity index (χ0) is 9.68. The summed E-state index contributed by atoms with van der Waals surface area (Å²) in [5.41, 5.74) is 8.05. The number of ether oxygens (including phenoxy) is 1. The lowest BCUT2D eigenvalue weighted by molar-refractivity contribution is 0.415. The summed E-state index contributed by atoms with van der Waals surface area (Å²) in [4.78, 5) is 5.56. The molecule has 1 unspecified atom stereocenters. The first-order valence-corrected chi connectivity index (χ1v) is 4.65. The highest BCUT2D eigenvalue weighted by Gasteiger charge is 2.17. The smallest absolute Gasteiger partial charge is 0.497 e. The third-order valence-corrected chi connectivity index (χ3v) is 2.40. The van der Waals surface area contributed by atoms with Gasteiger partial charge in [-0.3, -0.25) is 0 Å². The molecule has 5 nitrogen and oxygen atoms in total. The van der Waals surface area contributed by atoms with Crippen molar-refractivity contribution in [1.82, 2.24) is 0 Å². The second-order valence-corrected chi connectivity index (χ2v) is 3.39. The van der Waals surface area contributed by atoms with Gasteiger partial charge in [0.2, 0.25) is 5.30 Å². The summed E-state index contributed by atoms with van der Waals surface area (Å²) in [6, 6.07) is 6.53. The molecule has 0 fully saturated rings. The van der Waals surface area contributed by atoms with Gasteiger partial charge in [-0.05, 0) is 24.3 Å². The second-order valence-electron chi connectivity index (χ2n) is 2.15. The van der Waals surface area contributed by atoms with Crippen LogP contribution in [0.5, 0.6) is 5.75 Å². The highest BCUT2D eigenvalue weighted by molar-refractivity contribution is 7.51. The van der Waals surface area contributed by atoms with Crippen LogP contribution in [0, 0.1) is 0 Å². The topological polar surface area (TPSA) is 75.1 Å². The van der Waals surface area contributed by atoms with Gasteiger partial charge in [-0.15, -0.1) is 0 Å². The van der Waals surface area contributed by atoms with E-state index >= 15 is 0 Å². The van der Waals surface area contributed by atoms with E-state index < -0.39 is 7.95 Å². The van der Waals surface area contributed by atoms with E-state index in [4.69, 9.17) is 10.3 Å². The van der Waals surface area contributed by atoms with Gasteiger partial charge in [-0.25, -0.2) is 0 Å². The van der Waals surface area contributed by atoms with Gasteiger partial charge >= 0.3 is 7.95 Å². The van der Waals surface area contributed by atoms with Crippen molar-refractivity contribution in [2.75, 3.05) is 7.11 Å². The highest BCUT2D eigenvalue weighted by atomic mass is 31.1. The molecule has 66 valence electrons. The van der Waals surface area contributed by atoms with Crippen LogP contribution in [0.4, 0.5) is 0 Å². The fourth-order valence-corrected chi connectivity index (χ4v) is 1.38. The molecule has 0 amide bonds. The Morgan fingerprint density at radius 3 is 2.54 bits per heavy atom. The lowest BCUT2D eigenvalue weighted by Gasteiger charge is -1.94. The fourth-order valence-electron chi connectivity index (χ4n) is 0.798. The minimum absolute atomic E-state index is 0.494. The predicted molar refractivity (Wildman–Crippen MR) is 49.4 cm³/mol. The number of rotatable bonds is 3. The van der Waals surface area contributed by atoms with E-state index in [2.05, 4.69) is 9.80 Å². The van der Waals surface area contributed by atoms with Crippen LogP contribution in [-0.2, 0) is 4.57 Å². The van der Waals surface area contributed by atoms with E-state index in [-0.39, 0.29) is 0 Å². The first kappa shape index (κ1) is 9.52. The molecule has 0 spiro atoms. The third-order valence-electron chi connectivity index (χ3n) is 1.41. The molecule has 1 aromatic rings. The minimum atomic E-state index is -1.99. The number of azide groups is 1. The molecule has 1 atom stereocenters. The number of hydrogen-bond donors (Lipinski definition) is 0. The van der Waals surface area contributed by atoms with Crippen molar-refractivity contribution in [1.29, 1.82) is 0 Å². The zero-order valence-corrected chi connectivity index (χ0v) is 7.81. The summed E-state index contributed by atoms with van der Waals surface area (Å²) in [6.45, 7) is 0. The maximum Gasteiger partial charge on any atom is 0.499 e. The van der Waals surface area contributed by atoms with Crippen LogP contribution in [0.2, 0.25) is 0 Å². The molecular weight excluding hydrogens is 189 g/mol. The van der Waals surface area contributed by atoms with E-state index in [1.54, 1.807) is 31.4 Å². The van der Waals surface area contributed by atoms with Crippen molar-refractivity contribution in [2.45, 2.75) is 0 Å². The molecule has 0 heterocycles.